The van der Waals surface area contributed by atoms with E-state index in [9.17, 15) is 0 Å². The number of pyridine rings is 1. The van der Waals surface area contributed by atoms with E-state index in [1.165, 1.54) is 5.56 Å². The third-order valence-corrected chi connectivity index (χ3v) is 4.16. The predicted molar refractivity (Wildman–Crippen MR) is 99.5 cm³/mol. The van der Waals surface area contributed by atoms with Gasteiger partial charge in [-0.25, -0.2) is 9.67 Å². The van der Waals surface area contributed by atoms with Crippen molar-refractivity contribution in [1.29, 1.82) is 0 Å². The first kappa shape index (κ1) is 16.1. The molecule has 0 radical (unpaired) electrons. The molecule has 130 valence electrons. The summed E-state index contributed by atoms with van der Waals surface area (Å²) < 4.78 is 7.45. The Morgan fingerprint density at radius 2 is 1.81 bits per heavy atom. The average Bonchev–Trinajstić information content (AvgIpc) is 3.26. The van der Waals surface area contributed by atoms with Crippen molar-refractivity contribution in [1.82, 2.24) is 20.0 Å². The van der Waals surface area contributed by atoms with E-state index >= 15 is 0 Å². The van der Waals surface area contributed by atoms with Crippen LogP contribution >= 0.6 is 0 Å². The van der Waals surface area contributed by atoms with Crippen LogP contribution in [0.2, 0.25) is 0 Å². The van der Waals surface area contributed by atoms with E-state index in [2.05, 4.69) is 39.6 Å². The van der Waals surface area contributed by atoms with Crippen molar-refractivity contribution in [3.63, 3.8) is 0 Å². The van der Waals surface area contributed by atoms with Gasteiger partial charge in [0.1, 0.15) is 23.0 Å². The predicted octanol–water partition coefficient (Wildman–Crippen LogP) is 3.46. The summed E-state index contributed by atoms with van der Waals surface area (Å²) in [6.07, 6.45) is 4.41. The molecule has 2 N–H and O–H groups in total. The SMILES string of the molecule is Cc1ccc(Cc2ccc(Cn3cc(-c4ccc(N)nc4)nn3)cc2)o1. The minimum atomic E-state index is 0.492. The van der Waals surface area contributed by atoms with Gasteiger partial charge in [-0.2, -0.15) is 0 Å². The lowest BCUT2D eigenvalue weighted by Gasteiger charge is -2.03. The third-order valence-electron chi connectivity index (χ3n) is 4.16. The highest BCUT2D eigenvalue weighted by molar-refractivity contribution is 5.57. The number of nitrogen functional groups attached to an aromatic ring is 1. The van der Waals surface area contributed by atoms with Crippen molar-refractivity contribution >= 4 is 5.82 Å². The van der Waals surface area contributed by atoms with Gasteiger partial charge in [0.2, 0.25) is 0 Å². The zero-order valence-electron chi connectivity index (χ0n) is 14.5. The maximum Gasteiger partial charge on any atom is 0.123 e. The Hall–Kier alpha value is -3.41. The number of furan rings is 1. The first-order chi connectivity index (χ1) is 12.7. The fourth-order valence-electron chi connectivity index (χ4n) is 2.80. The van der Waals surface area contributed by atoms with Crippen LogP contribution in [0.5, 0.6) is 0 Å². The lowest BCUT2D eigenvalue weighted by molar-refractivity contribution is 0.493. The average molecular weight is 345 g/mol. The summed E-state index contributed by atoms with van der Waals surface area (Å²) >= 11 is 0. The molecule has 0 bridgehead atoms. The lowest BCUT2D eigenvalue weighted by atomic mass is 10.1. The zero-order valence-corrected chi connectivity index (χ0v) is 14.5. The number of hydrogen-bond donors (Lipinski definition) is 1. The van der Waals surface area contributed by atoms with Gasteiger partial charge in [0.25, 0.3) is 0 Å². The van der Waals surface area contributed by atoms with Crippen molar-refractivity contribution in [2.24, 2.45) is 0 Å². The highest BCUT2D eigenvalue weighted by Crippen LogP contribution is 2.17. The van der Waals surface area contributed by atoms with Gasteiger partial charge in [-0.15, -0.1) is 5.10 Å². The van der Waals surface area contributed by atoms with E-state index in [1.807, 2.05) is 36.0 Å². The number of aryl methyl sites for hydroxylation is 1. The number of benzene rings is 1. The fraction of sp³-hybridized carbons (Fsp3) is 0.150. The highest BCUT2D eigenvalue weighted by Gasteiger charge is 2.06. The van der Waals surface area contributed by atoms with Crippen LogP contribution in [0.15, 0.2) is 65.3 Å². The second-order valence-electron chi connectivity index (χ2n) is 6.28. The molecule has 4 rings (SSSR count). The Bertz CT molecular complexity index is 999. The van der Waals surface area contributed by atoms with E-state index in [0.29, 0.717) is 12.4 Å². The largest absolute Gasteiger partial charge is 0.466 e. The van der Waals surface area contributed by atoms with Gasteiger partial charge in [-0.1, -0.05) is 29.5 Å². The van der Waals surface area contributed by atoms with Crippen LogP contribution in [0.3, 0.4) is 0 Å². The summed E-state index contributed by atoms with van der Waals surface area (Å²) in [6, 6.07) is 16.1. The molecule has 0 aliphatic carbocycles. The Labute approximate surface area is 151 Å². The van der Waals surface area contributed by atoms with E-state index in [-0.39, 0.29) is 0 Å². The monoisotopic (exact) mass is 345 g/mol. The molecule has 0 saturated heterocycles. The van der Waals surface area contributed by atoms with Gasteiger partial charge in [-0.3, -0.25) is 0 Å². The molecule has 26 heavy (non-hydrogen) atoms. The first-order valence-corrected chi connectivity index (χ1v) is 8.41. The van der Waals surface area contributed by atoms with Crippen molar-refractivity contribution in [2.75, 3.05) is 5.73 Å². The van der Waals surface area contributed by atoms with Crippen LogP contribution < -0.4 is 5.73 Å². The Kier molecular flexibility index (Phi) is 4.23. The topological polar surface area (TPSA) is 82.8 Å². The summed E-state index contributed by atoms with van der Waals surface area (Å²) in [5.41, 5.74) is 9.67. The van der Waals surface area contributed by atoms with Gasteiger partial charge < -0.3 is 10.2 Å². The van der Waals surface area contributed by atoms with Crippen molar-refractivity contribution in [3.05, 3.63) is 83.6 Å². The van der Waals surface area contributed by atoms with Gasteiger partial charge in [0.15, 0.2) is 0 Å². The molecule has 0 aliphatic heterocycles. The molecule has 0 unspecified atom stereocenters. The molecule has 0 amide bonds. The molecule has 1 aromatic carbocycles. The Morgan fingerprint density at radius 1 is 1.00 bits per heavy atom. The van der Waals surface area contributed by atoms with Crippen molar-refractivity contribution in [3.8, 4) is 11.3 Å². The summed E-state index contributed by atoms with van der Waals surface area (Å²) in [7, 11) is 0. The Balaban J connectivity index is 1.43. The van der Waals surface area contributed by atoms with Crippen LogP contribution in [-0.4, -0.2) is 20.0 Å². The third kappa shape index (κ3) is 3.64. The second-order valence-corrected chi connectivity index (χ2v) is 6.28. The van der Waals surface area contributed by atoms with Gasteiger partial charge in [-0.05, 0) is 42.3 Å². The molecule has 6 heteroatoms. The molecule has 0 saturated carbocycles. The number of nitrogens with zero attached hydrogens (tertiary/aromatic N) is 4. The minimum Gasteiger partial charge on any atom is -0.466 e. The zero-order chi connectivity index (χ0) is 17.9. The molecule has 0 aliphatic rings. The number of rotatable bonds is 5. The molecule has 3 aromatic heterocycles. The van der Waals surface area contributed by atoms with Crippen LogP contribution in [0.4, 0.5) is 5.82 Å². The summed E-state index contributed by atoms with van der Waals surface area (Å²) in [5, 5.41) is 8.40. The maximum atomic E-state index is 5.63. The molecular formula is C20H19N5O. The van der Waals surface area contributed by atoms with E-state index in [0.717, 1.165) is 34.8 Å². The standard InChI is InChI=1S/C20H19N5O/c1-14-2-8-18(26-14)10-15-3-5-16(6-4-15)12-25-13-19(23-24-25)17-7-9-20(21)22-11-17/h2-9,11,13H,10,12H2,1H3,(H2,21,22). The van der Waals surface area contributed by atoms with Gasteiger partial charge >= 0.3 is 0 Å². The molecule has 4 aromatic rings. The molecule has 0 atom stereocenters. The number of hydrogen-bond acceptors (Lipinski definition) is 5. The van der Waals surface area contributed by atoms with Crippen LogP contribution in [0.25, 0.3) is 11.3 Å². The molecule has 6 nitrogen and oxygen atoms in total. The molecule has 0 spiro atoms. The summed E-state index contributed by atoms with van der Waals surface area (Å²) in [4.78, 5) is 4.09. The first-order valence-electron chi connectivity index (χ1n) is 8.41. The number of aromatic nitrogens is 4. The molecule has 3 heterocycles. The van der Waals surface area contributed by atoms with E-state index < -0.39 is 0 Å². The minimum absolute atomic E-state index is 0.492. The highest BCUT2D eigenvalue weighted by atomic mass is 16.3. The van der Waals surface area contributed by atoms with Crippen LogP contribution in [0.1, 0.15) is 22.6 Å². The normalized spacial score (nSPS) is 11.0. The summed E-state index contributed by atoms with van der Waals surface area (Å²) in [5.74, 6) is 2.41. The lowest BCUT2D eigenvalue weighted by Crippen LogP contribution is -2.00. The maximum absolute atomic E-state index is 5.63. The molecule has 0 fully saturated rings. The Morgan fingerprint density at radius 3 is 2.50 bits per heavy atom. The van der Waals surface area contributed by atoms with Gasteiger partial charge in [0, 0.05) is 18.2 Å². The van der Waals surface area contributed by atoms with Crippen LogP contribution in [-0.2, 0) is 13.0 Å². The molecular weight excluding hydrogens is 326 g/mol. The van der Waals surface area contributed by atoms with Crippen LogP contribution in [0, 0.1) is 6.92 Å². The number of anilines is 1. The van der Waals surface area contributed by atoms with E-state index in [1.54, 1.807) is 12.3 Å². The van der Waals surface area contributed by atoms with Crippen molar-refractivity contribution in [2.45, 2.75) is 19.9 Å². The summed E-state index contributed by atoms with van der Waals surface area (Å²) in [6.45, 7) is 2.62. The number of nitrogens with two attached hydrogens (primary N) is 1. The second kappa shape index (κ2) is 6.84. The van der Waals surface area contributed by atoms with Crippen molar-refractivity contribution < 1.29 is 4.42 Å². The quantitative estimate of drug-likeness (QED) is 0.599. The fourth-order valence-corrected chi connectivity index (χ4v) is 2.80. The van der Waals surface area contributed by atoms with Gasteiger partial charge in [0.05, 0.1) is 12.7 Å². The van der Waals surface area contributed by atoms with E-state index in [4.69, 9.17) is 10.2 Å². The smallest absolute Gasteiger partial charge is 0.123 e.